The molecule has 0 amide bonds. The molecule has 0 saturated heterocycles. The van der Waals surface area contributed by atoms with E-state index in [4.69, 9.17) is 5.11 Å². The maximum absolute atomic E-state index is 10.9. The van der Waals surface area contributed by atoms with Gasteiger partial charge in [-0.05, 0) is 49.3 Å². The van der Waals surface area contributed by atoms with Crippen LogP contribution in [0.25, 0.3) is 0 Å². The summed E-state index contributed by atoms with van der Waals surface area (Å²) in [5.41, 5.74) is 1.45. The maximum Gasteiger partial charge on any atom is 0.335 e. The Kier molecular flexibility index (Phi) is 6.24. The highest BCUT2D eigenvalue weighted by molar-refractivity contribution is 9.10. The molecular formula is C17H24BrNO2. The summed E-state index contributed by atoms with van der Waals surface area (Å²) in [5, 5.41) is 12.6. The van der Waals surface area contributed by atoms with Crippen molar-refractivity contribution in [3.05, 3.63) is 33.8 Å². The van der Waals surface area contributed by atoms with Crippen molar-refractivity contribution in [2.45, 2.75) is 58.0 Å². The Labute approximate surface area is 135 Å². The van der Waals surface area contributed by atoms with Crippen molar-refractivity contribution in [3.63, 3.8) is 0 Å². The molecule has 1 aromatic carbocycles. The Morgan fingerprint density at radius 2 is 2.05 bits per heavy atom. The summed E-state index contributed by atoms with van der Waals surface area (Å²) in [5.74, 6) is 0.0408. The number of aromatic carboxylic acids is 1. The molecule has 0 unspecified atom stereocenters. The van der Waals surface area contributed by atoms with E-state index < -0.39 is 5.97 Å². The molecule has 1 saturated carbocycles. The molecule has 116 valence electrons. The van der Waals surface area contributed by atoms with Crippen LogP contribution in [0.4, 0.5) is 0 Å². The third-order valence-corrected chi connectivity index (χ3v) is 5.16. The highest BCUT2D eigenvalue weighted by Crippen LogP contribution is 2.28. The van der Waals surface area contributed by atoms with Crippen molar-refractivity contribution in [2.24, 2.45) is 5.92 Å². The van der Waals surface area contributed by atoms with Crippen LogP contribution in [0, 0.1) is 5.92 Å². The number of benzene rings is 1. The largest absolute Gasteiger partial charge is 0.478 e. The lowest BCUT2D eigenvalue weighted by molar-refractivity contribution is 0.0697. The lowest BCUT2D eigenvalue weighted by Gasteiger charge is -2.29. The molecule has 2 rings (SSSR count). The van der Waals surface area contributed by atoms with Crippen LogP contribution >= 0.6 is 15.9 Å². The van der Waals surface area contributed by atoms with E-state index in [0.717, 1.165) is 22.5 Å². The van der Waals surface area contributed by atoms with Crippen molar-refractivity contribution < 1.29 is 9.90 Å². The first-order valence-corrected chi connectivity index (χ1v) is 8.64. The summed E-state index contributed by atoms with van der Waals surface area (Å²) < 4.78 is 0.870. The van der Waals surface area contributed by atoms with Gasteiger partial charge in [0, 0.05) is 17.1 Å². The smallest absolute Gasteiger partial charge is 0.335 e. The molecule has 1 aromatic rings. The second-order valence-corrected chi connectivity index (χ2v) is 6.85. The van der Waals surface area contributed by atoms with Gasteiger partial charge in [0.05, 0.1) is 5.56 Å². The molecule has 0 atom stereocenters. The normalized spacial score (nSPS) is 22.2. The molecule has 0 bridgehead atoms. The molecule has 4 heteroatoms. The molecule has 0 aromatic heterocycles. The van der Waals surface area contributed by atoms with Gasteiger partial charge in [-0.2, -0.15) is 0 Å². The Bertz CT molecular complexity index is 482. The van der Waals surface area contributed by atoms with Crippen molar-refractivity contribution in [2.75, 3.05) is 0 Å². The van der Waals surface area contributed by atoms with E-state index in [2.05, 4.69) is 28.2 Å². The van der Waals surface area contributed by atoms with E-state index in [1.54, 1.807) is 12.1 Å². The number of carbonyl (C=O) groups is 1. The number of hydrogen-bond donors (Lipinski definition) is 2. The molecule has 21 heavy (non-hydrogen) atoms. The minimum Gasteiger partial charge on any atom is -0.478 e. The molecular weight excluding hydrogens is 330 g/mol. The summed E-state index contributed by atoms with van der Waals surface area (Å²) >= 11 is 3.47. The highest BCUT2D eigenvalue weighted by atomic mass is 79.9. The summed E-state index contributed by atoms with van der Waals surface area (Å²) in [7, 11) is 0. The summed E-state index contributed by atoms with van der Waals surface area (Å²) in [6.07, 6.45) is 7.86. The van der Waals surface area contributed by atoms with E-state index in [-0.39, 0.29) is 0 Å². The molecule has 0 radical (unpaired) electrons. The molecule has 3 nitrogen and oxygen atoms in total. The van der Waals surface area contributed by atoms with Gasteiger partial charge in [0.2, 0.25) is 0 Å². The zero-order valence-corrected chi connectivity index (χ0v) is 14.2. The molecule has 1 aliphatic rings. The quantitative estimate of drug-likeness (QED) is 0.785. The van der Waals surface area contributed by atoms with Crippen LogP contribution in [0.2, 0.25) is 0 Å². The Morgan fingerprint density at radius 1 is 1.33 bits per heavy atom. The molecule has 0 spiro atoms. The topological polar surface area (TPSA) is 49.3 Å². The fourth-order valence-corrected chi connectivity index (χ4v) is 3.66. The molecule has 1 fully saturated rings. The van der Waals surface area contributed by atoms with Crippen LogP contribution in [-0.2, 0) is 6.54 Å². The zero-order chi connectivity index (χ0) is 15.2. The number of nitrogens with one attached hydrogen (secondary N) is 1. The monoisotopic (exact) mass is 353 g/mol. The van der Waals surface area contributed by atoms with E-state index in [9.17, 15) is 4.79 Å². The fraction of sp³-hybridized carbons (Fsp3) is 0.588. The van der Waals surface area contributed by atoms with Crippen LogP contribution in [0.5, 0.6) is 0 Å². The summed E-state index contributed by atoms with van der Waals surface area (Å²) in [4.78, 5) is 10.9. The maximum atomic E-state index is 10.9. The standard InChI is InChI=1S/C17H24BrNO2/c1-2-3-12-4-8-15(9-5-12)19-11-14-7-6-13(17(20)21)10-16(14)18/h6-7,10,12,15,19H,2-5,8-9,11H2,1H3,(H,20,21). The minimum atomic E-state index is -0.885. The first-order valence-electron chi connectivity index (χ1n) is 7.85. The van der Waals surface area contributed by atoms with Gasteiger partial charge in [0.1, 0.15) is 0 Å². The summed E-state index contributed by atoms with van der Waals surface area (Å²) in [6.45, 7) is 3.06. The molecule has 1 aliphatic carbocycles. The Hall–Kier alpha value is -0.870. The van der Waals surface area contributed by atoms with Crippen molar-refractivity contribution >= 4 is 21.9 Å². The lowest BCUT2D eigenvalue weighted by Crippen LogP contribution is -2.32. The minimum absolute atomic E-state index is 0.325. The zero-order valence-electron chi connectivity index (χ0n) is 12.6. The predicted octanol–water partition coefficient (Wildman–Crippen LogP) is 4.60. The van der Waals surface area contributed by atoms with E-state index in [0.29, 0.717) is 11.6 Å². The number of halogens is 1. The van der Waals surface area contributed by atoms with Gasteiger partial charge in [-0.1, -0.05) is 41.8 Å². The van der Waals surface area contributed by atoms with E-state index >= 15 is 0 Å². The average molecular weight is 354 g/mol. The van der Waals surface area contributed by atoms with Gasteiger partial charge in [-0.25, -0.2) is 4.79 Å². The van der Waals surface area contributed by atoms with Gasteiger partial charge in [-0.15, -0.1) is 0 Å². The van der Waals surface area contributed by atoms with E-state index in [1.165, 1.54) is 38.5 Å². The average Bonchev–Trinajstić information content (AvgIpc) is 2.47. The molecule has 0 heterocycles. The highest BCUT2D eigenvalue weighted by Gasteiger charge is 2.20. The van der Waals surface area contributed by atoms with Crippen molar-refractivity contribution in [3.8, 4) is 0 Å². The third-order valence-electron chi connectivity index (χ3n) is 4.42. The van der Waals surface area contributed by atoms with Crippen LogP contribution in [-0.4, -0.2) is 17.1 Å². The van der Waals surface area contributed by atoms with Crippen LogP contribution in [0.1, 0.15) is 61.4 Å². The second kappa shape index (κ2) is 7.95. The third kappa shape index (κ3) is 4.82. The van der Waals surface area contributed by atoms with Crippen LogP contribution in [0.3, 0.4) is 0 Å². The van der Waals surface area contributed by atoms with Gasteiger partial charge in [0.25, 0.3) is 0 Å². The summed E-state index contributed by atoms with van der Waals surface area (Å²) in [6, 6.07) is 5.84. The van der Waals surface area contributed by atoms with Crippen LogP contribution < -0.4 is 5.32 Å². The van der Waals surface area contributed by atoms with Gasteiger partial charge < -0.3 is 10.4 Å². The number of carboxylic acid groups (broad SMARTS) is 1. The lowest BCUT2D eigenvalue weighted by atomic mass is 9.83. The number of hydrogen-bond acceptors (Lipinski definition) is 2. The number of rotatable bonds is 6. The van der Waals surface area contributed by atoms with Gasteiger partial charge >= 0.3 is 5.97 Å². The Morgan fingerprint density at radius 3 is 2.62 bits per heavy atom. The Balaban J connectivity index is 1.82. The fourth-order valence-electron chi connectivity index (χ4n) is 3.14. The second-order valence-electron chi connectivity index (χ2n) is 6.00. The first kappa shape index (κ1) is 16.5. The van der Waals surface area contributed by atoms with Crippen molar-refractivity contribution in [1.29, 1.82) is 0 Å². The van der Waals surface area contributed by atoms with Crippen molar-refractivity contribution in [1.82, 2.24) is 5.32 Å². The predicted molar refractivity (Wildman–Crippen MR) is 88.6 cm³/mol. The number of carboxylic acids is 1. The van der Waals surface area contributed by atoms with Crippen LogP contribution in [0.15, 0.2) is 22.7 Å². The van der Waals surface area contributed by atoms with E-state index in [1.807, 2.05) is 6.07 Å². The van der Waals surface area contributed by atoms with Gasteiger partial charge in [-0.3, -0.25) is 0 Å². The first-order chi connectivity index (χ1) is 10.1. The molecule has 2 N–H and O–H groups in total. The molecule has 0 aliphatic heterocycles. The van der Waals surface area contributed by atoms with Gasteiger partial charge in [0.15, 0.2) is 0 Å². The SMILES string of the molecule is CCCC1CCC(NCc2ccc(C(=O)O)cc2Br)CC1.